The second-order valence-electron chi connectivity index (χ2n) is 6.25. The van der Waals surface area contributed by atoms with Crippen LogP contribution in [0.15, 0.2) is 21.7 Å². The third-order valence-electron chi connectivity index (χ3n) is 4.63. The SMILES string of the molecule is O=C(O[C@@H]1CCCCC1=O)C1CCN(S(=O)(=O)c2cccs2)CC1. The standard InChI is InChI=1S/C16H21NO5S2/c18-13-4-1-2-5-14(13)22-16(19)12-7-9-17(10-8-12)24(20,21)15-6-3-11-23-15/h3,6,11-12,14H,1-2,4-5,7-10H2/t14-/m1/s1. The van der Waals surface area contributed by atoms with Gasteiger partial charge in [-0.1, -0.05) is 6.07 Å². The van der Waals surface area contributed by atoms with Gasteiger partial charge < -0.3 is 4.74 Å². The minimum Gasteiger partial charge on any atom is -0.454 e. The molecule has 0 spiro atoms. The molecule has 1 saturated carbocycles. The van der Waals surface area contributed by atoms with Crippen molar-refractivity contribution in [3.8, 4) is 0 Å². The Bertz CT molecular complexity index is 690. The maximum absolute atomic E-state index is 12.5. The summed E-state index contributed by atoms with van der Waals surface area (Å²) >= 11 is 1.20. The quantitative estimate of drug-likeness (QED) is 0.758. The van der Waals surface area contributed by atoms with E-state index in [1.165, 1.54) is 15.6 Å². The Hall–Kier alpha value is -1.25. The Morgan fingerprint density at radius 2 is 1.96 bits per heavy atom. The second-order valence-corrected chi connectivity index (χ2v) is 9.36. The van der Waals surface area contributed by atoms with Gasteiger partial charge in [0.05, 0.1) is 5.92 Å². The van der Waals surface area contributed by atoms with Gasteiger partial charge in [-0.2, -0.15) is 4.31 Å². The number of piperidine rings is 1. The summed E-state index contributed by atoms with van der Waals surface area (Å²) < 4.78 is 32.1. The molecule has 3 rings (SSSR count). The fraction of sp³-hybridized carbons (Fsp3) is 0.625. The summed E-state index contributed by atoms with van der Waals surface area (Å²) in [4.78, 5) is 24.0. The topological polar surface area (TPSA) is 80.8 Å². The lowest BCUT2D eigenvalue weighted by Crippen LogP contribution is -2.41. The van der Waals surface area contributed by atoms with Gasteiger partial charge in [0.25, 0.3) is 10.0 Å². The number of Topliss-reactive ketones (excluding diaryl/α,β-unsaturated/α-hetero) is 1. The van der Waals surface area contributed by atoms with Gasteiger partial charge in [0.2, 0.25) is 0 Å². The van der Waals surface area contributed by atoms with Crippen molar-refractivity contribution in [3.05, 3.63) is 17.5 Å². The number of nitrogens with zero attached hydrogens (tertiary/aromatic N) is 1. The van der Waals surface area contributed by atoms with E-state index in [9.17, 15) is 18.0 Å². The normalized spacial score (nSPS) is 24.0. The van der Waals surface area contributed by atoms with Crippen LogP contribution in [0.3, 0.4) is 0 Å². The van der Waals surface area contributed by atoms with Crippen molar-refractivity contribution in [2.24, 2.45) is 5.92 Å². The molecule has 132 valence electrons. The van der Waals surface area contributed by atoms with E-state index in [0.29, 0.717) is 43.0 Å². The highest BCUT2D eigenvalue weighted by Crippen LogP contribution is 2.28. The van der Waals surface area contributed by atoms with Crippen LogP contribution < -0.4 is 0 Å². The van der Waals surface area contributed by atoms with Crippen LogP contribution >= 0.6 is 11.3 Å². The van der Waals surface area contributed by atoms with Gasteiger partial charge in [-0.05, 0) is 43.6 Å². The molecule has 1 aliphatic heterocycles. The number of rotatable bonds is 4. The first-order valence-electron chi connectivity index (χ1n) is 8.25. The van der Waals surface area contributed by atoms with Gasteiger partial charge in [-0.15, -0.1) is 11.3 Å². The molecule has 0 bridgehead atoms. The van der Waals surface area contributed by atoms with Crippen LogP contribution in [0.5, 0.6) is 0 Å². The number of ether oxygens (including phenoxy) is 1. The molecule has 24 heavy (non-hydrogen) atoms. The number of esters is 1. The van der Waals surface area contributed by atoms with E-state index in [1.807, 2.05) is 0 Å². The molecule has 0 radical (unpaired) electrons. The monoisotopic (exact) mass is 371 g/mol. The number of hydrogen-bond acceptors (Lipinski definition) is 6. The molecule has 1 atom stereocenters. The van der Waals surface area contributed by atoms with E-state index < -0.39 is 16.1 Å². The molecule has 0 unspecified atom stereocenters. The van der Waals surface area contributed by atoms with Gasteiger partial charge in [-0.3, -0.25) is 9.59 Å². The molecule has 1 aromatic heterocycles. The van der Waals surface area contributed by atoms with Gasteiger partial charge >= 0.3 is 5.97 Å². The van der Waals surface area contributed by atoms with Crippen molar-refractivity contribution in [3.63, 3.8) is 0 Å². The molecule has 0 amide bonds. The van der Waals surface area contributed by atoms with Crippen LogP contribution in [0, 0.1) is 5.92 Å². The fourth-order valence-corrected chi connectivity index (χ4v) is 5.80. The summed E-state index contributed by atoms with van der Waals surface area (Å²) in [5.74, 6) is -0.676. The summed E-state index contributed by atoms with van der Waals surface area (Å²) in [6.45, 7) is 0.608. The average Bonchev–Trinajstić information content (AvgIpc) is 3.12. The second kappa shape index (κ2) is 7.33. The van der Waals surface area contributed by atoms with Crippen LogP contribution in [0.25, 0.3) is 0 Å². The number of ketones is 1. The van der Waals surface area contributed by atoms with E-state index >= 15 is 0 Å². The van der Waals surface area contributed by atoms with Gasteiger partial charge in [0, 0.05) is 19.5 Å². The number of thiophene rings is 1. The minimum absolute atomic E-state index is 0.00677. The van der Waals surface area contributed by atoms with Crippen LogP contribution in [0.1, 0.15) is 38.5 Å². The summed E-state index contributed by atoms with van der Waals surface area (Å²) in [7, 11) is -3.46. The molecule has 2 heterocycles. The zero-order valence-corrected chi connectivity index (χ0v) is 15.0. The zero-order valence-electron chi connectivity index (χ0n) is 13.3. The maximum atomic E-state index is 12.5. The van der Waals surface area contributed by atoms with Crippen molar-refractivity contribution in [1.82, 2.24) is 4.31 Å². The van der Waals surface area contributed by atoms with Crippen LogP contribution in [0.4, 0.5) is 0 Å². The van der Waals surface area contributed by atoms with E-state index in [-0.39, 0.29) is 17.7 Å². The zero-order chi connectivity index (χ0) is 17.2. The highest BCUT2D eigenvalue weighted by Gasteiger charge is 2.35. The van der Waals surface area contributed by atoms with E-state index in [0.717, 1.165) is 12.8 Å². The summed E-state index contributed by atoms with van der Waals surface area (Å²) in [6.07, 6.45) is 3.13. The molecule has 2 aliphatic rings. The summed E-state index contributed by atoms with van der Waals surface area (Å²) in [5, 5.41) is 1.73. The van der Waals surface area contributed by atoms with Gasteiger partial charge in [0.1, 0.15) is 4.21 Å². The van der Waals surface area contributed by atoms with Gasteiger partial charge in [-0.25, -0.2) is 8.42 Å². The van der Waals surface area contributed by atoms with Crippen molar-refractivity contribution in [2.45, 2.75) is 48.8 Å². The molecular weight excluding hydrogens is 350 g/mol. The Kier molecular flexibility index (Phi) is 5.36. The molecule has 0 N–H and O–H groups in total. The maximum Gasteiger partial charge on any atom is 0.309 e. The molecule has 6 nitrogen and oxygen atoms in total. The Labute approximate surface area is 145 Å². The van der Waals surface area contributed by atoms with E-state index in [2.05, 4.69) is 0 Å². The van der Waals surface area contributed by atoms with Crippen LogP contribution in [0.2, 0.25) is 0 Å². The lowest BCUT2D eigenvalue weighted by Gasteiger charge is -2.31. The summed E-state index contributed by atoms with van der Waals surface area (Å²) in [6, 6.07) is 3.30. The average molecular weight is 371 g/mol. The van der Waals surface area contributed by atoms with E-state index in [1.54, 1.807) is 17.5 Å². The highest BCUT2D eigenvalue weighted by atomic mass is 32.2. The van der Waals surface area contributed by atoms with Crippen molar-refractivity contribution in [1.29, 1.82) is 0 Å². The Morgan fingerprint density at radius 3 is 2.58 bits per heavy atom. The molecular formula is C16H21NO5S2. The number of sulfonamides is 1. The van der Waals surface area contributed by atoms with E-state index in [4.69, 9.17) is 4.74 Å². The molecule has 8 heteroatoms. The smallest absolute Gasteiger partial charge is 0.309 e. The number of carbonyl (C=O) groups excluding carboxylic acids is 2. The summed E-state index contributed by atoms with van der Waals surface area (Å²) in [5.41, 5.74) is 0. The molecule has 0 aromatic carbocycles. The lowest BCUT2D eigenvalue weighted by atomic mass is 9.95. The molecule has 1 saturated heterocycles. The lowest BCUT2D eigenvalue weighted by molar-refractivity contribution is -0.161. The number of carbonyl (C=O) groups is 2. The Balaban J connectivity index is 1.55. The first-order chi connectivity index (χ1) is 11.5. The van der Waals surface area contributed by atoms with Crippen molar-refractivity contribution in [2.75, 3.05) is 13.1 Å². The van der Waals surface area contributed by atoms with Gasteiger partial charge in [0.15, 0.2) is 11.9 Å². The van der Waals surface area contributed by atoms with Crippen LogP contribution in [-0.2, 0) is 24.3 Å². The predicted molar refractivity (Wildman–Crippen MR) is 89.2 cm³/mol. The third-order valence-corrected chi connectivity index (χ3v) is 7.91. The first kappa shape index (κ1) is 17.6. The van der Waals surface area contributed by atoms with Crippen LogP contribution in [-0.4, -0.2) is 43.7 Å². The molecule has 1 aromatic rings. The minimum atomic E-state index is -3.46. The molecule has 1 aliphatic carbocycles. The fourth-order valence-electron chi connectivity index (χ4n) is 3.18. The highest BCUT2D eigenvalue weighted by molar-refractivity contribution is 7.91. The largest absolute Gasteiger partial charge is 0.454 e. The predicted octanol–water partition coefficient (Wildman–Crippen LogP) is 2.20. The first-order valence-corrected chi connectivity index (χ1v) is 10.6. The number of hydrogen-bond donors (Lipinski definition) is 0. The third kappa shape index (κ3) is 3.70. The van der Waals surface area contributed by atoms with Crippen molar-refractivity contribution >= 4 is 33.1 Å². The molecule has 2 fully saturated rings. The Morgan fingerprint density at radius 1 is 1.21 bits per heavy atom. The van der Waals surface area contributed by atoms with Crippen molar-refractivity contribution < 1.29 is 22.7 Å².